The van der Waals surface area contributed by atoms with E-state index in [1.165, 1.54) is 19.6 Å². The second-order valence-electron chi connectivity index (χ2n) is 8.83. The van der Waals surface area contributed by atoms with Crippen molar-refractivity contribution < 1.29 is 22.7 Å². The summed E-state index contributed by atoms with van der Waals surface area (Å²) in [7, 11) is -2.31. The molecular weight excluding hydrogens is 418 g/mol. The van der Waals surface area contributed by atoms with Crippen LogP contribution in [0.3, 0.4) is 0 Å². The van der Waals surface area contributed by atoms with Gasteiger partial charge < -0.3 is 14.8 Å². The number of nitrogens with zero attached hydrogens (tertiary/aromatic N) is 1. The molecule has 0 atom stereocenters. The Bertz CT molecular complexity index is 888. The van der Waals surface area contributed by atoms with E-state index in [0.29, 0.717) is 12.1 Å². The largest absolute Gasteiger partial charge is 0.495 e. The fraction of sp³-hybridized carbons (Fsp3) is 0.682. The van der Waals surface area contributed by atoms with Crippen LogP contribution in [-0.2, 0) is 14.8 Å². The quantitative estimate of drug-likeness (QED) is 0.627. The minimum Gasteiger partial charge on any atom is -0.495 e. The molecule has 2 N–H and O–H groups in total. The molecule has 3 aliphatic rings. The standard InChI is InChI=1S/C22H33N3O5S/c1-29-19-8-5-17(15-20(19)31(27,28)24-18-6-7-18)21(26)23-16-22(9-3-2-4-10-22)25-11-13-30-14-12-25/h5,8,15,18,24H,2-4,6-7,9-14,16H2,1H3,(H,23,26). The maximum absolute atomic E-state index is 13.0. The number of hydrogen-bond donors (Lipinski definition) is 2. The minimum absolute atomic E-state index is 0.00936. The molecule has 1 aromatic rings. The van der Waals surface area contributed by atoms with Gasteiger partial charge >= 0.3 is 0 Å². The maximum Gasteiger partial charge on any atom is 0.251 e. The van der Waals surface area contributed by atoms with Gasteiger partial charge in [0.05, 0.1) is 20.3 Å². The van der Waals surface area contributed by atoms with Crippen molar-refractivity contribution in [2.45, 2.75) is 61.4 Å². The molecule has 0 bridgehead atoms. The van der Waals surface area contributed by atoms with Gasteiger partial charge in [0, 0.05) is 36.8 Å². The van der Waals surface area contributed by atoms with Crippen LogP contribution in [0.2, 0.25) is 0 Å². The molecule has 0 spiro atoms. The molecule has 1 aromatic carbocycles. The molecular formula is C22H33N3O5S. The summed E-state index contributed by atoms with van der Waals surface area (Å²) in [6.07, 6.45) is 7.34. The third kappa shape index (κ3) is 5.22. The number of hydrogen-bond acceptors (Lipinski definition) is 6. The van der Waals surface area contributed by atoms with Crippen LogP contribution in [0, 0.1) is 0 Å². The van der Waals surface area contributed by atoms with Gasteiger partial charge in [-0.1, -0.05) is 19.3 Å². The number of ether oxygens (including phenoxy) is 2. The first kappa shape index (κ1) is 22.5. The second kappa shape index (κ2) is 9.44. The van der Waals surface area contributed by atoms with Crippen molar-refractivity contribution in [3.8, 4) is 5.75 Å². The molecule has 0 unspecified atom stereocenters. The van der Waals surface area contributed by atoms with E-state index >= 15 is 0 Å². The summed E-state index contributed by atoms with van der Waals surface area (Å²) in [5.74, 6) is -0.0227. The molecule has 9 heteroatoms. The molecule has 3 fully saturated rings. The van der Waals surface area contributed by atoms with Crippen molar-refractivity contribution in [1.29, 1.82) is 0 Å². The van der Waals surface area contributed by atoms with Gasteiger partial charge in [-0.05, 0) is 43.9 Å². The van der Waals surface area contributed by atoms with Crippen LogP contribution in [-0.4, -0.2) is 70.8 Å². The van der Waals surface area contributed by atoms with Crippen LogP contribution in [0.25, 0.3) is 0 Å². The van der Waals surface area contributed by atoms with Crippen LogP contribution in [0.5, 0.6) is 5.75 Å². The molecule has 2 aliphatic carbocycles. The van der Waals surface area contributed by atoms with Gasteiger partial charge in [0.15, 0.2) is 0 Å². The predicted molar refractivity (Wildman–Crippen MR) is 117 cm³/mol. The Balaban J connectivity index is 1.50. The summed E-state index contributed by atoms with van der Waals surface area (Å²) in [6.45, 7) is 3.77. The predicted octanol–water partition coefficient (Wildman–Crippen LogP) is 1.90. The first-order chi connectivity index (χ1) is 14.9. The number of sulfonamides is 1. The molecule has 1 heterocycles. The Labute approximate surface area is 184 Å². The van der Waals surface area contributed by atoms with Gasteiger partial charge in [-0.2, -0.15) is 0 Å². The Hall–Kier alpha value is -1.68. The first-order valence-corrected chi connectivity index (χ1v) is 12.7. The third-order valence-corrected chi connectivity index (χ3v) is 8.20. The lowest BCUT2D eigenvalue weighted by Crippen LogP contribution is -2.59. The zero-order chi connectivity index (χ0) is 21.9. The van der Waals surface area contributed by atoms with E-state index in [1.54, 1.807) is 12.1 Å². The van der Waals surface area contributed by atoms with E-state index in [4.69, 9.17) is 9.47 Å². The monoisotopic (exact) mass is 451 g/mol. The number of morpholine rings is 1. The van der Waals surface area contributed by atoms with Gasteiger partial charge in [0.1, 0.15) is 10.6 Å². The molecule has 172 valence electrons. The van der Waals surface area contributed by atoms with Crippen molar-refractivity contribution >= 4 is 15.9 Å². The second-order valence-corrected chi connectivity index (χ2v) is 10.5. The summed E-state index contributed by atoms with van der Waals surface area (Å²) in [5, 5.41) is 3.10. The number of carbonyl (C=O) groups excluding carboxylic acids is 1. The molecule has 0 radical (unpaired) electrons. The summed E-state index contributed by atoms with van der Waals surface area (Å²) in [6, 6.07) is 4.56. The number of benzene rings is 1. The smallest absolute Gasteiger partial charge is 0.251 e. The zero-order valence-electron chi connectivity index (χ0n) is 18.2. The number of amides is 1. The zero-order valence-corrected chi connectivity index (χ0v) is 19.0. The summed E-state index contributed by atoms with van der Waals surface area (Å²) in [5.41, 5.74) is 0.275. The molecule has 1 saturated heterocycles. The van der Waals surface area contributed by atoms with Crippen LogP contribution >= 0.6 is 0 Å². The van der Waals surface area contributed by atoms with Crippen molar-refractivity contribution in [2.24, 2.45) is 0 Å². The highest BCUT2D eigenvalue weighted by molar-refractivity contribution is 7.89. The lowest BCUT2D eigenvalue weighted by molar-refractivity contribution is -0.0361. The van der Waals surface area contributed by atoms with E-state index < -0.39 is 10.0 Å². The lowest BCUT2D eigenvalue weighted by atomic mass is 9.79. The van der Waals surface area contributed by atoms with Crippen molar-refractivity contribution in [1.82, 2.24) is 14.9 Å². The maximum atomic E-state index is 13.0. The van der Waals surface area contributed by atoms with E-state index in [2.05, 4.69) is 14.9 Å². The summed E-state index contributed by atoms with van der Waals surface area (Å²) >= 11 is 0. The number of carbonyl (C=O) groups is 1. The van der Waals surface area contributed by atoms with E-state index in [-0.39, 0.29) is 28.1 Å². The Morgan fingerprint density at radius 1 is 1.19 bits per heavy atom. The molecule has 2 saturated carbocycles. The van der Waals surface area contributed by atoms with Gasteiger partial charge in [-0.25, -0.2) is 13.1 Å². The Morgan fingerprint density at radius 3 is 2.55 bits per heavy atom. The highest BCUT2D eigenvalue weighted by atomic mass is 32.2. The van der Waals surface area contributed by atoms with Gasteiger partial charge in [0.25, 0.3) is 5.91 Å². The number of nitrogens with one attached hydrogen (secondary N) is 2. The molecule has 0 aromatic heterocycles. The van der Waals surface area contributed by atoms with Crippen LogP contribution in [0.1, 0.15) is 55.3 Å². The van der Waals surface area contributed by atoms with Gasteiger partial charge in [0.2, 0.25) is 10.0 Å². The average Bonchev–Trinajstić information content (AvgIpc) is 3.61. The first-order valence-electron chi connectivity index (χ1n) is 11.2. The van der Waals surface area contributed by atoms with Crippen molar-refractivity contribution in [3.63, 3.8) is 0 Å². The average molecular weight is 452 g/mol. The van der Waals surface area contributed by atoms with Crippen molar-refractivity contribution in [3.05, 3.63) is 23.8 Å². The third-order valence-electron chi connectivity index (χ3n) is 6.66. The van der Waals surface area contributed by atoms with Crippen LogP contribution in [0.4, 0.5) is 0 Å². The molecule has 31 heavy (non-hydrogen) atoms. The fourth-order valence-electron chi connectivity index (χ4n) is 4.71. The summed E-state index contributed by atoms with van der Waals surface area (Å²) < 4.78 is 39.0. The van der Waals surface area contributed by atoms with Crippen LogP contribution < -0.4 is 14.8 Å². The van der Waals surface area contributed by atoms with Crippen LogP contribution in [0.15, 0.2) is 23.1 Å². The number of methoxy groups -OCH3 is 1. The lowest BCUT2D eigenvalue weighted by Gasteiger charge is -2.48. The Kier molecular flexibility index (Phi) is 6.86. The highest BCUT2D eigenvalue weighted by Crippen LogP contribution is 2.34. The van der Waals surface area contributed by atoms with Gasteiger partial charge in [-0.3, -0.25) is 9.69 Å². The molecule has 1 amide bonds. The van der Waals surface area contributed by atoms with Gasteiger partial charge in [-0.15, -0.1) is 0 Å². The van der Waals surface area contributed by atoms with E-state index in [1.807, 2.05) is 0 Å². The normalized spacial score (nSPS) is 22.1. The highest BCUT2D eigenvalue weighted by Gasteiger charge is 2.39. The van der Waals surface area contributed by atoms with E-state index in [9.17, 15) is 13.2 Å². The minimum atomic E-state index is -3.74. The number of rotatable bonds is 8. The molecule has 1 aliphatic heterocycles. The Morgan fingerprint density at radius 2 is 1.90 bits per heavy atom. The fourth-order valence-corrected chi connectivity index (χ4v) is 6.21. The SMILES string of the molecule is COc1ccc(C(=O)NCC2(N3CCOCC3)CCCCC2)cc1S(=O)(=O)NC1CC1. The molecule has 4 rings (SSSR count). The molecule has 8 nitrogen and oxygen atoms in total. The van der Waals surface area contributed by atoms with E-state index in [0.717, 1.165) is 64.8 Å². The summed E-state index contributed by atoms with van der Waals surface area (Å²) in [4.78, 5) is 15.5. The topological polar surface area (TPSA) is 97.0 Å². The van der Waals surface area contributed by atoms with Crippen molar-refractivity contribution in [2.75, 3.05) is 40.0 Å².